The smallest absolute Gasteiger partial charge is 0.407 e. The van der Waals surface area contributed by atoms with Gasteiger partial charge in [0.15, 0.2) is 0 Å². The van der Waals surface area contributed by atoms with E-state index in [9.17, 15) is 14.4 Å². The molecule has 2 rings (SSSR count). The van der Waals surface area contributed by atoms with E-state index >= 15 is 0 Å². The number of nitrogens with zero attached hydrogens (tertiary/aromatic N) is 1. The first-order valence-corrected chi connectivity index (χ1v) is 7.50. The number of rotatable bonds is 5. The molecule has 1 atom stereocenters. The van der Waals surface area contributed by atoms with E-state index in [0.29, 0.717) is 0 Å². The number of amides is 3. The van der Waals surface area contributed by atoms with Crippen LogP contribution in [0, 0.1) is 5.92 Å². The molecule has 23 heavy (non-hydrogen) atoms. The Morgan fingerprint density at radius 2 is 2.04 bits per heavy atom. The van der Waals surface area contributed by atoms with Crippen molar-refractivity contribution in [2.45, 2.75) is 26.6 Å². The van der Waals surface area contributed by atoms with Crippen LogP contribution in [0.5, 0.6) is 0 Å². The number of benzene rings is 1. The lowest BCUT2D eigenvalue weighted by Crippen LogP contribution is -2.47. The topological polar surface area (TPSA) is 87.7 Å². The van der Waals surface area contributed by atoms with Crippen molar-refractivity contribution in [1.29, 1.82) is 0 Å². The zero-order valence-electron chi connectivity index (χ0n) is 13.2. The minimum Gasteiger partial charge on any atom is -0.445 e. The second kappa shape index (κ2) is 7.62. The van der Waals surface area contributed by atoms with Gasteiger partial charge in [-0.2, -0.15) is 0 Å². The number of hydrogen-bond donors (Lipinski definition) is 2. The average molecular weight is 319 g/mol. The van der Waals surface area contributed by atoms with Crippen LogP contribution >= 0.6 is 0 Å². The molecule has 1 aliphatic heterocycles. The van der Waals surface area contributed by atoms with Gasteiger partial charge in [0, 0.05) is 0 Å². The van der Waals surface area contributed by atoms with Gasteiger partial charge >= 0.3 is 6.09 Å². The van der Waals surface area contributed by atoms with Crippen LogP contribution in [-0.4, -0.2) is 42.1 Å². The molecule has 1 fully saturated rings. The van der Waals surface area contributed by atoms with Crippen molar-refractivity contribution >= 4 is 17.9 Å². The molecule has 1 heterocycles. The number of nitrogens with one attached hydrogen (secondary N) is 2. The fraction of sp³-hybridized carbons (Fsp3) is 0.438. The first-order chi connectivity index (χ1) is 11.0. The van der Waals surface area contributed by atoms with Crippen LogP contribution in [0.1, 0.15) is 19.4 Å². The van der Waals surface area contributed by atoms with Crippen molar-refractivity contribution in [3.8, 4) is 0 Å². The molecule has 2 N–H and O–H groups in total. The number of hydrogen-bond acceptors (Lipinski definition) is 4. The molecule has 0 aromatic heterocycles. The maximum Gasteiger partial charge on any atom is 0.407 e. The van der Waals surface area contributed by atoms with Crippen LogP contribution in [0.15, 0.2) is 30.3 Å². The molecule has 1 aromatic rings. The molecule has 0 radical (unpaired) electrons. The molecule has 1 aliphatic rings. The Kier molecular flexibility index (Phi) is 5.56. The highest BCUT2D eigenvalue weighted by molar-refractivity contribution is 5.90. The van der Waals surface area contributed by atoms with Gasteiger partial charge < -0.3 is 20.3 Å². The number of carbonyl (C=O) groups is 3. The predicted molar refractivity (Wildman–Crippen MR) is 83.1 cm³/mol. The molecule has 0 spiro atoms. The van der Waals surface area contributed by atoms with Crippen LogP contribution in [0.25, 0.3) is 0 Å². The van der Waals surface area contributed by atoms with E-state index in [1.807, 2.05) is 44.2 Å². The van der Waals surface area contributed by atoms with Gasteiger partial charge in [0.25, 0.3) is 0 Å². The third-order valence-corrected chi connectivity index (χ3v) is 3.51. The quantitative estimate of drug-likeness (QED) is 0.842. The molecule has 124 valence electrons. The van der Waals surface area contributed by atoms with Crippen molar-refractivity contribution in [2.24, 2.45) is 5.92 Å². The van der Waals surface area contributed by atoms with E-state index in [1.165, 1.54) is 4.90 Å². The fourth-order valence-corrected chi connectivity index (χ4v) is 2.33. The van der Waals surface area contributed by atoms with Crippen molar-refractivity contribution < 1.29 is 19.1 Å². The predicted octanol–water partition coefficient (Wildman–Crippen LogP) is 0.853. The van der Waals surface area contributed by atoms with Crippen LogP contribution < -0.4 is 10.6 Å². The first-order valence-electron chi connectivity index (χ1n) is 7.50. The number of alkyl carbamates (subject to hydrolysis) is 1. The van der Waals surface area contributed by atoms with Crippen LogP contribution in [-0.2, 0) is 20.9 Å². The van der Waals surface area contributed by atoms with E-state index in [-0.39, 0.29) is 43.6 Å². The third-order valence-electron chi connectivity index (χ3n) is 3.51. The molecular weight excluding hydrogens is 298 g/mol. The Morgan fingerprint density at radius 1 is 1.35 bits per heavy atom. The summed E-state index contributed by atoms with van der Waals surface area (Å²) >= 11 is 0. The van der Waals surface area contributed by atoms with Crippen LogP contribution in [0.4, 0.5) is 4.79 Å². The van der Waals surface area contributed by atoms with Crippen molar-refractivity contribution in [2.75, 3.05) is 13.1 Å². The summed E-state index contributed by atoms with van der Waals surface area (Å²) in [5.41, 5.74) is 0.864. The highest BCUT2D eigenvalue weighted by Crippen LogP contribution is 2.13. The normalized spacial score (nSPS) is 17.1. The summed E-state index contributed by atoms with van der Waals surface area (Å²) in [6.07, 6.45) is -1.00. The summed E-state index contributed by atoms with van der Waals surface area (Å²) < 4.78 is 5.03. The first kappa shape index (κ1) is 16.8. The van der Waals surface area contributed by atoms with Crippen LogP contribution in [0.3, 0.4) is 0 Å². The highest BCUT2D eigenvalue weighted by atomic mass is 16.5. The summed E-state index contributed by atoms with van der Waals surface area (Å²) in [5, 5.41) is 5.15. The maximum absolute atomic E-state index is 12.1. The maximum atomic E-state index is 12.1. The molecule has 7 heteroatoms. The molecule has 0 saturated carbocycles. The number of carbonyl (C=O) groups excluding carboxylic acids is 3. The molecule has 1 unspecified atom stereocenters. The largest absolute Gasteiger partial charge is 0.445 e. The minimum atomic E-state index is -0.665. The lowest BCUT2D eigenvalue weighted by atomic mass is 10.1. The van der Waals surface area contributed by atoms with Gasteiger partial charge in [-0.3, -0.25) is 9.59 Å². The zero-order chi connectivity index (χ0) is 16.8. The van der Waals surface area contributed by atoms with Gasteiger partial charge in [0.1, 0.15) is 25.9 Å². The monoisotopic (exact) mass is 319 g/mol. The molecule has 1 aromatic carbocycles. The van der Waals surface area contributed by atoms with E-state index in [4.69, 9.17) is 4.74 Å². The van der Waals surface area contributed by atoms with Crippen LogP contribution in [0.2, 0.25) is 0 Å². The van der Waals surface area contributed by atoms with Gasteiger partial charge in [-0.15, -0.1) is 0 Å². The van der Waals surface area contributed by atoms with E-state index in [0.717, 1.165) is 5.56 Å². The Balaban J connectivity index is 1.77. The lowest BCUT2D eigenvalue weighted by Gasteiger charge is -2.26. The fourth-order valence-electron chi connectivity index (χ4n) is 2.33. The lowest BCUT2D eigenvalue weighted by molar-refractivity contribution is -0.132. The molecule has 1 saturated heterocycles. The summed E-state index contributed by atoms with van der Waals surface area (Å²) in [6.45, 7) is 3.78. The van der Waals surface area contributed by atoms with Gasteiger partial charge in [0.2, 0.25) is 11.8 Å². The Bertz CT molecular complexity index is 574. The molecule has 3 amide bonds. The van der Waals surface area contributed by atoms with E-state index in [1.54, 1.807) is 0 Å². The van der Waals surface area contributed by atoms with Gasteiger partial charge in [-0.25, -0.2) is 4.79 Å². The second-order valence-corrected chi connectivity index (χ2v) is 5.69. The highest BCUT2D eigenvalue weighted by Gasteiger charge is 2.35. The Morgan fingerprint density at radius 3 is 2.70 bits per heavy atom. The van der Waals surface area contributed by atoms with E-state index in [2.05, 4.69) is 10.6 Å². The van der Waals surface area contributed by atoms with Gasteiger partial charge in [-0.1, -0.05) is 44.2 Å². The third kappa shape index (κ3) is 4.70. The summed E-state index contributed by atoms with van der Waals surface area (Å²) in [7, 11) is 0. The summed E-state index contributed by atoms with van der Waals surface area (Å²) in [5.74, 6) is -0.419. The summed E-state index contributed by atoms with van der Waals surface area (Å²) in [6, 6.07) is 9.26. The molecule has 0 bridgehead atoms. The summed E-state index contributed by atoms with van der Waals surface area (Å²) in [4.78, 5) is 36.7. The molecular formula is C16H21N3O4. The average Bonchev–Trinajstić information content (AvgIpc) is 2.94. The second-order valence-electron chi connectivity index (χ2n) is 5.69. The van der Waals surface area contributed by atoms with E-state index < -0.39 is 6.09 Å². The molecule has 0 aliphatic carbocycles. The Hall–Kier alpha value is -2.57. The Labute approximate surface area is 135 Å². The zero-order valence-corrected chi connectivity index (χ0v) is 13.2. The standard InChI is InChI=1S/C16H21N3O4/c1-11(2)15-18-13(20)9-19(15)14(21)8-17-16(22)23-10-12-6-4-3-5-7-12/h3-7,11,15H,8-10H2,1-2H3,(H,17,22)(H,18,20). The molecule has 7 nitrogen and oxygen atoms in total. The van der Waals surface area contributed by atoms with Gasteiger partial charge in [0.05, 0.1) is 0 Å². The SMILES string of the molecule is CC(C)C1NC(=O)CN1C(=O)CNC(=O)OCc1ccccc1. The van der Waals surface area contributed by atoms with Crippen molar-refractivity contribution in [3.05, 3.63) is 35.9 Å². The van der Waals surface area contributed by atoms with Crippen molar-refractivity contribution in [3.63, 3.8) is 0 Å². The van der Waals surface area contributed by atoms with Gasteiger partial charge in [-0.05, 0) is 11.5 Å². The number of ether oxygens (including phenoxy) is 1. The minimum absolute atomic E-state index is 0.0163. The van der Waals surface area contributed by atoms with Crippen molar-refractivity contribution in [1.82, 2.24) is 15.5 Å².